The van der Waals surface area contributed by atoms with Crippen molar-refractivity contribution in [2.75, 3.05) is 6.61 Å². The normalized spacial score (nSPS) is 12.4. The quantitative estimate of drug-likeness (QED) is 0.654. The number of alkyl carbamates (subject to hydrolysis) is 1. The van der Waals surface area contributed by atoms with Gasteiger partial charge in [0.2, 0.25) is 0 Å². The standard InChI is InChI=1S/C21H25Cl2NO4/c1-21(2,3)28-20(26)24-15(12-25)11-14-7-9-16(10-8-14)27-13-17-18(22)5-4-6-19(17)23/h4-10,15,25H,11-13H2,1-3H3,(H,24,26). The second-order valence-corrected chi connectivity index (χ2v) is 8.18. The Balaban J connectivity index is 1.91. The molecule has 0 aliphatic carbocycles. The van der Waals surface area contributed by atoms with E-state index in [0.29, 0.717) is 22.2 Å². The van der Waals surface area contributed by atoms with Crippen molar-refractivity contribution in [1.82, 2.24) is 5.32 Å². The molecule has 0 aromatic heterocycles. The molecule has 0 fully saturated rings. The summed E-state index contributed by atoms with van der Waals surface area (Å²) < 4.78 is 11.0. The van der Waals surface area contributed by atoms with E-state index in [1.807, 2.05) is 24.3 Å². The van der Waals surface area contributed by atoms with E-state index in [2.05, 4.69) is 5.32 Å². The first-order valence-electron chi connectivity index (χ1n) is 8.93. The van der Waals surface area contributed by atoms with Crippen molar-refractivity contribution >= 4 is 29.3 Å². The highest BCUT2D eigenvalue weighted by atomic mass is 35.5. The van der Waals surface area contributed by atoms with E-state index in [4.69, 9.17) is 32.7 Å². The van der Waals surface area contributed by atoms with Gasteiger partial charge in [0, 0.05) is 15.6 Å². The van der Waals surface area contributed by atoms with Crippen LogP contribution >= 0.6 is 23.2 Å². The van der Waals surface area contributed by atoms with E-state index < -0.39 is 17.7 Å². The van der Waals surface area contributed by atoms with Crippen molar-refractivity contribution in [3.63, 3.8) is 0 Å². The minimum atomic E-state index is -0.590. The summed E-state index contributed by atoms with van der Waals surface area (Å²) in [6, 6.07) is 12.3. The number of rotatable bonds is 7. The number of hydrogen-bond donors (Lipinski definition) is 2. The Morgan fingerprint density at radius 3 is 2.25 bits per heavy atom. The van der Waals surface area contributed by atoms with Gasteiger partial charge in [-0.25, -0.2) is 4.79 Å². The predicted octanol–water partition coefficient (Wildman–Crippen LogP) is 5.00. The van der Waals surface area contributed by atoms with Crippen LogP contribution in [-0.4, -0.2) is 29.4 Å². The lowest BCUT2D eigenvalue weighted by atomic mass is 10.1. The second kappa shape index (κ2) is 10.0. The van der Waals surface area contributed by atoms with Gasteiger partial charge in [0.15, 0.2) is 0 Å². The molecule has 0 spiro atoms. The van der Waals surface area contributed by atoms with E-state index >= 15 is 0 Å². The number of nitrogens with one attached hydrogen (secondary N) is 1. The molecule has 7 heteroatoms. The van der Waals surface area contributed by atoms with Crippen LogP contribution in [0.3, 0.4) is 0 Å². The maximum atomic E-state index is 11.9. The Hall–Kier alpha value is -1.95. The molecule has 152 valence electrons. The SMILES string of the molecule is CC(C)(C)OC(=O)NC(CO)Cc1ccc(OCc2c(Cl)cccc2Cl)cc1. The van der Waals surface area contributed by atoms with E-state index in [9.17, 15) is 9.90 Å². The molecule has 0 saturated carbocycles. The highest BCUT2D eigenvalue weighted by Gasteiger charge is 2.19. The third kappa shape index (κ3) is 7.23. The maximum Gasteiger partial charge on any atom is 0.407 e. The Morgan fingerprint density at radius 1 is 1.11 bits per heavy atom. The average molecular weight is 426 g/mol. The molecule has 28 heavy (non-hydrogen) atoms. The maximum absolute atomic E-state index is 11.9. The van der Waals surface area contributed by atoms with Gasteiger partial charge in [0.05, 0.1) is 12.6 Å². The lowest BCUT2D eigenvalue weighted by Gasteiger charge is -2.22. The zero-order chi connectivity index (χ0) is 20.7. The molecule has 5 nitrogen and oxygen atoms in total. The van der Waals surface area contributed by atoms with Gasteiger partial charge in [-0.15, -0.1) is 0 Å². The van der Waals surface area contributed by atoms with Gasteiger partial charge in [-0.2, -0.15) is 0 Å². The third-order valence-electron chi connectivity index (χ3n) is 3.79. The summed E-state index contributed by atoms with van der Waals surface area (Å²) in [6.07, 6.45) is -0.0880. The van der Waals surface area contributed by atoms with Crippen LogP contribution in [0.4, 0.5) is 4.79 Å². The van der Waals surface area contributed by atoms with Crippen molar-refractivity contribution in [3.8, 4) is 5.75 Å². The Morgan fingerprint density at radius 2 is 1.71 bits per heavy atom. The Labute approximate surface area is 175 Å². The molecule has 0 heterocycles. The molecule has 2 aromatic carbocycles. The summed E-state index contributed by atoms with van der Waals surface area (Å²) in [5.74, 6) is 0.667. The van der Waals surface area contributed by atoms with Crippen LogP contribution in [-0.2, 0) is 17.8 Å². The highest BCUT2D eigenvalue weighted by molar-refractivity contribution is 6.35. The van der Waals surface area contributed by atoms with Crippen LogP contribution in [0.2, 0.25) is 10.0 Å². The first-order chi connectivity index (χ1) is 13.2. The van der Waals surface area contributed by atoms with Gasteiger partial charge in [0.1, 0.15) is 18.0 Å². The molecular weight excluding hydrogens is 401 g/mol. The zero-order valence-corrected chi connectivity index (χ0v) is 17.7. The molecule has 0 bridgehead atoms. The molecule has 0 aliphatic heterocycles. The molecule has 0 radical (unpaired) electrons. The van der Waals surface area contributed by atoms with E-state index in [1.165, 1.54) is 0 Å². The molecule has 1 atom stereocenters. The zero-order valence-electron chi connectivity index (χ0n) is 16.2. The number of hydrogen-bond acceptors (Lipinski definition) is 4. The van der Waals surface area contributed by atoms with Gasteiger partial charge in [-0.3, -0.25) is 0 Å². The molecule has 1 unspecified atom stereocenters. The van der Waals surface area contributed by atoms with Crippen LogP contribution < -0.4 is 10.1 Å². The summed E-state index contributed by atoms with van der Waals surface area (Å²) in [4.78, 5) is 11.9. The average Bonchev–Trinajstić information content (AvgIpc) is 2.60. The molecule has 0 saturated heterocycles. The van der Waals surface area contributed by atoms with Gasteiger partial charge in [-0.1, -0.05) is 41.4 Å². The number of aliphatic hydroxyl groups is 1. The lowest BCUT2D eigenvalue weighted by molar-refractivity contribution is 0.0483. The van der Waals surface area contributed by atoms with Gasteiger partial charge in [0.25, 0.3) is 0 Å². The van der Waals surface area contributed by atoms with Crippen LogP contribution in [0.15, 0.2) is 42.5 Å². The Bertz CT molecular complexity index is 768. The fraction of sp³-hybridized carbons (Fsp3) is 0.381. The first-order valence-corrected chi connectivity index (χ1v) is 9.68. The van der Waals surface area contributed by atoms with Gasteiger partial charge < -0.3 is 19.9 Å². The van der Waals surface area contributed by atoms with Gasteiger partial charge >= 0.3 is 6.09 Å². The number of ether oxygens (including phenoxy) is 2. The lowest BCUT2D eigenvalue weighted by Crippen LogP contribution is -2.42. The number of benzene rings is 2. The molecule has 1 amide bonds. The van der Waals surface area contributed by atoms with E-state index in [0.717, 1.165) is 11.1 Å². The number of carbonyl (C=O) groups is 1. The predicted molar refractivity (Wildman–Crippen MR) is 111 cm³/mol. The summed E-state index contributed by atoms with van der Waals surface area (Å²) in [7, 11) is 0. The number of amides is 1. The minimum absolute atomic E-state index is 0.192. The molecule has 0 aliphatic rings. The minimum Gasteiger partial charge on any atom is -0.489 e. The first kappa shape index (κ1) is 22.3. The fourth-order valence-electron chi connectivity index (χ4n) is 2.47. The second-order valence-electron chi connectivity index (χ2n) is 7.36. The fourth-order valence-corrected chi connectivity index (χ4v) is 2.97. The molecular formula is C21H25Cl2NO4. The number of aliphatic hydroxyl groups excluding tert-OH is 1. The van der Waals surface area contributed by atoms with Crippen LogP contribution in [0.5, 0.6) is 5.75 Å². The highest BCUT2D eigenvalue weighted by Crippen LogP contribution is 2.26. The van der Waals surface area contributed by atoms with Crippen molar-refractivity contribution < 1.29 is 19.4 Å². The van der Waals surface area contributed by atoms with Crippen molar-refractivity contribution in [1.29, 1.82) is 0 Å². The summed E-state index contributed by atoms with van der Waals surface area (Å²) >= 11 is 12.3. The largest absolute Gasteiger partial charge is 0.489 e. The summed E-state index contributed by atoms with van der Waals surface area (Å²) in [6.45, 7) is 5.43. The van der Waals surface area contributed by atoms with E-state index in [1.54, 1.807) is 39.0 Å². The van der Waals surface area contributed by atoms with Crippen molar-refractivity contribution in [3.05, 3.63) is 63.6 Å². The van der Waals surface area contributed by atoms with Crippen molar-refractivity contribution in [2.24, 2.45) is 0 Å². The molecule has 2 rings (SSSR count). The molecule has 2 N–H and O–H groups in total. The third-order valence-corrected chi connectivity index (χ3v) is 4.50. The molecule has 2 aromatic rings. The van der Waals surface area contributed by atoms with Crippen LogP contribution in [0, 0.1) is 0 Å². The summed E-state index contributed by atoms with van der Waals surface area (Å²) in [5, 5.41) is 13.3. The number of halogens is 2. The van der Waals surface area contributed by atoms with Gasteiger partial charge in [-0.05, 0) is 57.0 Å². The van der Waals surface area contributed by atoms with Crippen LogP contribution in [0.1, 0.15) is 31.9 Å². The van der Waals surface area contributed by atoms with Crippen molar-refractivity contribution in [2.45, 2.75) is 45.4 Å². The summed E-state index contributed by atoms with van der Waals surface area (Å²) in [5.41, 5.74) is 1.09. The Kier molecular flexibility index (Phi) is 7.98. The van der Waals surface area contributed by atoms with E-state index in [-0.39, 0.29) is 13.2 Å². The topological polar surface area (TPSA) is 67.8 Å². The monoisotopic (exact) mass is 425 g/mol. The van der Waals surface area contributed by atoms with Crippen LogP contribution in [0.25, 0.3) is 0 Å². The smallest absolute Gasteiger partial charge is 0.407 e. The number of carbonyl (C=O) groups excluding carboxylic acids is 1.